The Morgan fingerprint density at radius 3 is 1.09 bits per heavy atom. The fourth-order valence-corrected chi connectivity index (χ4v) is 16.0. The van der Waals surface area contributed by atoms with Crippen LogP contribution in [0.2, 0.25) is 0 Å². The van der Waals surface area contributed by atoms with Crippen LogP contribution in [0.25, 0.3) is 66.5 Å². The molecule has 0 spiro atoms. The summed E-state index contributed by atoms with van der Waals surface area (Å²) < 4.78 is 34.4. The van der Waals surface area contributed by atoms with E-state index in [1.807, 2.05) is 228 Å². The predicted octanol–water partition coefficient (Wildman–Crippen LogP) is 11.8. The zero-order valence-corrected chi connectivity index (χ0v) is 75.6. The Labute approximate surface area is 768 Å². The maximum Gasteiger partial charge on any atom is 1.00 e. The average molecular weight is 1760 g/mol. The van der Waals surface area contributed by atoms with Crippen LogP contribution >= 0.6 is 0 Å². The summed E-state index contributed by atoms with van der Waals surface area (Å²) >= 11 is 0. The molecule has 12 N–H and O–H groups in total. The first-order chi connectivity index (χ1) is 61.0. The van der Waals surface area contributed by atoms with E-state index in [9.17, 15) is 34.0 Å². The Morgan fingerprint density at radius 1 is 0.450 bits per heavy atom. The van der Waals surface area contributed by atoms with Crippen molar-refractivity contribution >= 4 is 86.4 Å². The van der Waals surface area contributed by atoms with E-state index in [0.717, 1.165) is 35.7 Å². The molecule has 3 atom stereocenters. The number of likely N-dealkylation sites (N-methyl/N-ethyl adjacent to an activating group) is 2. The number of carbonyl (C=O) groups excluding carboxylic acids is 5. The number of carboxylic acids is 1. The summed E-state index contributed by atoms with van der Waals surface area (Å²) in [5, 5.41) is 20.3. The molecule has 9 heterocycles. The number of para-hydroxylation sites is 3. The van der Waals surface area contributed by atoms with Crippen molar-refractivity contribution in [2.75, 3.05) is 83.7 Å². The monoisotopic (exact) mass is 1760 g/mol. The molecule has 3 saturated heterocycles. The Hall–Kier alpha value is -13.8. The molecule has 664 valence electrons. The molecule has 6 aromatic carbocycles. The summed E-state index contributed by atoms with van der Waals surface area (Å²) in [6.07, 6.45) is 16.7. The van der Waals surface area contributed by atoms with Crippen LogP contribution in [0.15, 0.2) is 207 Å². The van der Waals surface area contributed by atoms with E-state index in [4.69, 9.17) is 57.5 Å². The quantitative estimate of drug-likeness (QED) is 0.0271. The van der Waals surface area contributed by atoms with Gasteiger partial charge in [-0.15, -0.1) is 0 Å². The second-order valence-corrected chi connectivity index (χ2v) is 33.8. The number of benzene rings is 6. The van der Waals surface area contributed by atoms with Gasteiger partial charge in [-0.25, -0.2) is 44.3 Å². The number of aliphatic carboxylic acids is 1. The summed E-state index contributed by atoms with van der Waals surface area (Å²) in [6.45, 7) is 15.2. The summed E-state index contributed by atoms with van der Waals surface area (Å²) in [7, 11) is 4.10. The molecule has 2 saturated carbocycles. The molecule has 5 amide bonds. The van der Waals surface area contributed by atoms with E-state index in [-0.39, 0.29) is 82.5 Å². The van der Waals surface area contributed by atoms with Crippen molar-refractivity contribution in [3.63, 3.8) is 0 Å². The van der Waals surface area contributed by atoms with Gasteiger partial charge in [0, 0.05) is 93.3 Å². The number of anilines is 3. The fraction of sp³-hybridized carbons (Fsp3) is 0.316. The number of fused-ring (bicyclic) bond motifs is 3. The van der Waals surface area contributed by atoms with Gasteiger partial charge in [0.05, 0.1) is 34.3 Å². The predicted molar refractivity (Wildman–Crippen MR) is 486 cm³/mol. The molecular formula is C95H105N20NaO13. The molecule has 33 nitrogen and oxygen atoms in total. The third kappa shape index (κ3) is 22.8. The maximum absolute atomic E-state index is 13.0. The van der Waals surface area contributed by atoms with Crippen LogP contribution in [0, 0.1) is 11.3 Å². The minimum absolute atomic E-state index is 0. The molecule has 6 aromatic heterocycles. The number of nitrogens with two attached hydrogens (primary N) is 5. The van der Waals surface area contributed by atoms with Crippen LogP contribution in [0.4, 0.5) is 27.0 Å². The number of carbonyl (C=O) groups is 6. The van der Waals surface area contributed by atoms with Gasteiger partial charge in [0.1, 0.15) is 122 Å². The standard InChI is InChI=1S/C31H33N7O3.C28H30N6O4.C28H28N6O3.C8H13NO2.Na.H2O/c1-36(21-11-12-21)16-5-8-25(39)37-17-15-22(18-37)38-28(30(33)40)26(27-29(32)34-19-35-31(27)38)20-9-13-24(14-10-20)41-23-6-3-2-4-7-23;1-28(2,3)38-27(36)33-14-13-18(15-33)34-23(25(30)35)21(22-24(29)31-16-32-26(22)34)17-9-11-20(12-10-17)37-19-7-5-4-6-8-19;1-28(2,3)37-27(35)33-14-13-19(16-33)34-22(15-29)23(24-25(30)31-17-32-26(24)34)18-9-11-21(12-10-18)36-20-7-5-4-6-8-20;1-9(7-4-5-7)6-2-3-8(10)11;;/h2-10,13-14,19,21-22H,11-12,15-18H2,1H3,(H2,33,40)(H2,32,34,35);4-12,16,18H,13-15H2,1-3H3,(H2,30,35)(H2,29,31,32);4-12,17,19H,13-14,16H2,1-3H3,(H2,30,31,32);2-3,7H,4-6H2,1H3,(H,10,11);;1H2/q;;;;+1;/p-1/b8-5+;;;3-2+;;/t22-;18-;19-;;;/m111.../s1. The molecule has 129 heavy (non-hydrogen) atoms. The Morgan fingerprint density at radius 2 is 0.760 bits per heavy atom. The Kier molecular flexibility index (Phi) is 30.3. The van der Waals surface area contributed by atoms with E-state index in [2.05, 4.69) is 52.8 Å². The van der Waals surface area contributed by atoms with Crippen molar-refractivity contribution in [3.05, 3.63) is 224 Å². The SMILES string of the molecule is CC(C)(C)OC(=O)N1CC[C@@H](n2c(C#N)c(-c3ccc(Oc4ccccc4)cc3)c3c(N)ncnc32)C1.CC(C)(C)OC(=O)N1CC[C@@H](n2c(C(N)=O)c(-c3ccc(Oc4ccccc4)cc3)c3c(N)ncnc32)C1.CN(C/C=C/C(=O)N1CC[C@@H](n2c(C(N)=O)c(-c3ccc(Oc4ccccc4)cc3)c3c(N)ncnc32)C1)C1CC1.CN(C/C=C/C(=O)O)C1CC1.[Na+].[OH-]. The minimum atomic E-state index is -0.866. The van der Waals surface area contributed by atoms with Crippen molar-refractivity contribution in [1.82, 2.24) is 68.1 Å². The third-order valence-electron chi connectivity index (χ3n) is 22.2. The van der Waals surface area contributed by atoms with Crippen molar-refractivity contribution in [2.24, 2.45) is 11.5 Å². The van der Waals surface area contributed by atoms with Gasteiger partial charge in [0.15, 0.2) is 0 Å². The second kappa shape index (κ2) is 41.3. The fourth-order valence-electron chi connectivity index (χ4n) is 16.0. The van der Waals surface area contributed by atoms with Crippen molar-refractivity contribution in [3.8, 4) is 73.9 Å². The van der Waals surface area contributed by atoms with E-state index in [1.165, 1.54) is 50.7 Å². The molecule has 0 unspecified atom stereocenters. The van der Waals surface area contributed by atoms with Crippen LogP contribution in [0.1, 0.15) is 131 Å². The van der Waals surface area contributed by atoms with Crippen LogP contribution in [-0.4, -0.2) is 204 Å². The molecule has 0 radical (unpaired) electrons. The number of rotatable bonds is 22. The first-order valence-corrected chi connectivity index (χ1v) is 42.1. The van der Waals surface area contributed by atoms with E-state index in [0.29, 0.717) is 166 Å². The number of carboxylic acid groups (broad SMARTS) is 1. The van der Waals surface area contributed by atoms with Crippen molar-refractivity contribution in [2.45, 2.75) is 128 Å². The van der Waals surface area contributed by atoms with Crippen LogP contribution in [0.5, 0.6) is 34.5 Å². The number of primary amides is 2. The number of nitriles is 1. The number of nitrogen functional groups attached to an aromatic ring is 3. The zero-order valence-electron chi connectivity index (χ0n) is 73.6. The summed E-state index contributed by atoms with van der Waals surface area (Å²) in [4.78, 5) is 110. The first kappa shape index (κ1) is 94.4. The Balaban J connectivity index is 0.000000164. The van der Waals surface area contributed by atoms with Gasteiger partial charge >= 0.3 is 47.7 Å². The topological polar surface area (TPSA) is 461 Å². The molecule has 0 bridgehead atoms. The molecule has 5 aliphatic rings. The minimum Gasteiger partial charge on any atom is -0.870 e. The summed E-state index contributed by atoms with van der Waals surface area (Å²) in [6, 6.07) is 53.8. The number of aromatic nitrogens is 9. The van der Waals surface area contributed by atoms with Gasteiger partial charge < -0.3 is 91.3 Å². The number of nitrogens with zero attached hydrogens (tertiary/aromatic N) is 15. The smallest absolute Gasteiger partial charge is 0.870 e. The number of likely N-dealkylation sites (tertiary alicyclic amines) is 3. The van der Waals surface area contributed by atoms with Crippen molar-refractivity contribution < 1.29 is 92.6 Å². The van der Waals surface area contributed by atoms with Crippen LogP contribution in [0.3, 0.4) is 0 Å². The van der Waals surface area contributed by atoms with E-state index >= 15 is 0 Å². The molecular weight excluding hydrogens is 1650 g/mol. The second-order valence-electron chi connectivity index (χ2n) is 33.8. The number of hydrogen-bond donors (Lipinski definition) is 6. The summed E-state index contributed by atoms with van der Waals surface area (Å²) in [5.74, 6) is 2.76. The number of amides is 5. The normalized spacial score (nSPS) is 16.0. The molecule has 2 aliphatic carbocycles. The van der Waals surface area contributed by atoms with Crippen molar-refractivity contribution in [1.29, 1.82) is 5.26 Å². The number of hydrogen-bond acceptors (Lipinski definition) is 24. The van der Waals surface area contributed by atoms with Crippen LogP contribution < -0.4 is 72.4 Å². The van der Waals surface area contributed by atoms with Gasteiger partial charge in [-0.1, -0.05) is 103 Å². The molecule has 34 heteroatoms. The van der Waals surface area contributed by atoms with Crippen LogP contribution in [-0.2, 0) is 19.1 Å². The summed E-state index contributed by atoms with van der Waals surface area (Å²) in [5.41, 5.74) is 36.4. The van der Waals surface area contributed by atoms with Gasteiger partial charge in [-0.05, 0) is 190 Å². The molecule has 17 rings (SSSR count). The van der Waals surface area contributed by atoms with Gasteiger partial charge in [-0.3, -0.25) is 24.2 Å². The zero-order chi connectivity index (χ0) is 90.0. The van der Waals surface area contributed by atoms with Gasteiger partial charge in [0.25, 0.3) is 11.8 Å². The molecule has 5 fully saturated rings. The Bertz CT molecular complexity index is 6110. The largest absolute Gasteiger partial charge is 1.00 e. The third-order valence-corrected chi connectivity index (χ3v) is 22.2. The molecule has 3 aliphatic heterocycles. The average Bonchev–Trinajstić information content (AvgIpc) is 1.58. The molecule has 12 aromatic rings. The van der Waals surface area contributed by atoms with E-state index in [1.54, 1.807) is 31.4 Å². The van der Waals surface area contributed by atoms with E-state index < -0.39 is 35.1 Å². The van der Waals surface area contributed by atoms with Gasteiger partial charge in [-0.2, -0.15) is 5.26 Å². The maximum atomic E-state index is 13.0. The number of ether oxygens (including phenoxy) is 5. The first-order valence-electron chi connectivity index (χ1n) is 42.1. The van der Waals surface area contributed by atoms with Gasteiger partial charge in [0.2, 0.25) is 5.91 Å².